The van der Waals surface area contributed by atoms with Crippen LogP contribution in [0.25, 0.3) is 0 Å². The molecule has 14 nitrogen and oxygen atoms in total. The first kappa shape index (κ1) is 56.1. The topological polar surface area (TPSA) is 137 Å². The van der Waals surface area contributed by atoms with Gasteiger partial charge in [0.2, 0.25) is 0 Å². The molecule has 60 heavy (non-hydrogen) atoms. The van der Waals surface area contributed by atoms with E-state index in [4.69, 9.17) is 61.6 Å². The normalized spacial score (nSPS) is 12.0. The predicted molar refractivity (Wildman–Crippen MR) is 232 cm³/mol. The fourth-order valence-electron chi connectivity index (χ4n) is 5.64. The first-order chi connectivity index (χ1) is 29.7. The number of unbranched alkanes of at least 4 members (excludes halogenated alkanes) is 6. The highest BCUT2D eigenvalue weighted by Crippen LogP contribution is 2.16. The minimum Gasteiger partial charge on any atom is -0.491 e. The Morgan fingerprint density at radius 3 is 1.10 bits per heavy atom. The Morgan fingerprint density at radius 1 is 0.400 bits per heavy atom. The first-order valence-corrected chi connectivity index (χ1v) is 22.9. The highest BCUT2D eigenvalue weighted by Gasteiger charge is 2.17. The third-order valence-electron chi connectivity index (χ3n) is 9.16. The maximum atomic E-state index is 12.0. The van der Waals surface area contributed by atoms with Crippen molar-refractivity contribution in [1.82, 2.24) is 0 Å². The SMILES string of the molecule is CCCCCCCCc1ccc(OCCOCCOCCOCCOCCOCCOCCOCCOCCOCCOCCOCCOC(=O)C(CC)CCCC)cc1. The van der Waals surface area contributed by atoms with Crippen LogP contribution in [-0.4, -0.2) is 165 Å². The van der Waals surface area contributed by atoms with Crippen LogP contribution in [0.5, 0.6) is 5.75 Å². The van der Waals surface area contributed by atoms with E-state index in [9.17, 15) is 4.79 Å². The van der Waals surface area contributed by atoms with E-state index in [1.54, 1.807) is 0 Å². The Balaban J connectivity index is 1.68. The lowest BCUT2D eigenvalue weighted by Gasteiger charge is -2.13. The van der Waals surface area contributed by atoms with Crippen LogP contribution in [0, 0.1) is 5.92 Å². The van der Waals surface area contributed by atoms with Gasteiger partial charge >= 0.3 is 5.97 Å². The van der Waals surface area contributed by atoms with E-state index in [0.29, 0.717) is 152 Å². The molecule has 0 amide bonds. The highest BCUT2D eigenvalue weighted by atomic mass is 16.6. The van der Waals surface area contributed by atoms with Crippen LogP contribution in [-0.2, 0) is 68.1 Å². The lowest BCUT2D eigenvalue weighted by Crippen LogP contribution is -2.20. The van der Waals surface area contributed by atoms with Gasteiger partial charge in [0.05, 0.1) is 151 Å². The molecule has 14 heteroatoms. The summed E-state index contributed by atoms with van der Waals surface area (Å²) in [5.41, 5.74) is 1.37. The molecule has 0 spiro atoms. The predicted octanol–water partition coefficient (Wildman–Crippen LogP) is 6.91. The van der Waals surface area contributed by atoms with Crippen molar-refractivity contribution in [3.05, 3.63) is 29.8 Å². The summed E-state index contributed by atoms with van der Waals surface area (Å²) < 4.78 is 71.8. The zero-order chi connectivity index (χ0) is 43.1. The number of esters is 1. The molecular formula is C46H84O14. The molecule has 1 unspecified atom stereocenters. The summed E-state index contributed by atoms with van der Waals surface area (Å²) >= 11 is 0. The second-order valence-electron chi connectivity index (χ2n) is 14.2. The number of hydrogen-bond acceptors (Lipinski definition) is 14. The van der Waals surface area contributed by atoms with Gasteiger partial charge in [-0.25, -0.2) is 0 Å². The molecule has 1 aromatic rings. The van der Waals surface area contributed by atoms with Crippen molar-refractivity contribution in [2.75, 3.05) is 159 Å². The van der Waals surface area contributed by atoms with Gasteiger partial charge < -0.3 is 61.6 Å². The van der Waals surface area contributed by atoms with Crippen LogP contribution in [0.4, 0.5) is 0 Å². The molecule has 1 aromatic carbocycles. The van der Waals surface area contributed by atoms with E-state index in [1.165, 1.54) is 44.1 Å². The van der Waals surface area contributed by atoms with E-state index < -0.39 is 0 Å². The quantitative estimate of drug-likeness (QED) is 0.0496. The number of aryl methyl sites for hydroxylation is 1. The van der Waals surface area contributed by atoms with Crippen molar-refractivity contribution in [3.63, 3.8) is 0 Å². The molecule has 0 aromatic heterocycles. The molecule has 0 saturated carbocycles. The summed E-state index contributed by atoms with van der Waals surface area (Å²) in [6, 6.07) is 8.43. The number of rotatable bonds is 49. The van der Waals surface area contributed by atoms with Crippen molar-refractivity contribution >= 4 is 5.97 Å². The molecule has 0 fully saturated rings. The van der Waals surface area contributed by atoms with Gasteiger partial charge in [-0.1, -0.05) is 77.8 Å². The van der Waals surface area contributed by atoms with Crippen LogP contribution in [0.1, 0.15) is 90.5 Å². The van der Waals surface area contributed by atoms with Crippen molar-refractivity contribution in [3.8, 4) is 5.75 Å². The lowest BCUT2D eigenvalue weighted by atomic mass is 10.00. The maximum absolute atomic E-state index is 12.0. The lowest BCUT2D eigenvalue weighted by molar-refractivity contribution is -0.150. The standard InChI is InChI=1S/C46H84O14/c1-4-7-9-10-11-12-13-43-15-17-45(18-16-43)59-41-39-57-37-35-55-33-31-53-29-27-51-25-23-49-21-19-48-20-22-50-24-26-52-28-30-54-32-34-56-36-38-58-40-42-60-46(47)44(6-3)14-8-5-2/h15-18,44H,4-14,19-42H2,1-3H3. The van der Waals surface area contributed by atoms with Gasteiger partial charge in [-0.05, 0) is 43.4 Å². The van der Waals surface area contributed by atoms with Gasteiger partial charge in [0.15, 0.2) is 0 Å². The Labute approximate surface area is 363 Å². The molecule has 352 valence electrons. The minimum absolute atomic E-state index is 0.00605. The Morgan fingerprint density at radius 2 is 0.733 bits per heavy atom. The Hall–Kier alpha value is -1.95. The minimum atomic E-state index is -0.121. The van der Waals surface area contributed by atoms with Crippen LogP contribution in [0.2, 0.25) is 0 Å². The molecule has 1 atom stereocenters. The average Bonchev–Trinajstić information content (AvgIpc) is 3.26. The number of carbonyl (C=O) groups excluding carboxylic acids is 1. The van der Waals surface area contributed by atoms with Crippen LogP contribution >= 0.6 is 0 Å². The molecule has 0 aliphatic heterocycles. The molecular weight excluding hydrogens is 776 g/mol. The molecule has 0 radical (unpaired) electrons. The fourth-order valence-corrected chi connectivity index (χ4v) is 5.64. The summed E-state index contributed by atoms with van der Waals surface area (Å²) in [6.07, 6.45) is 12.9. The third kappa shape index (κ3) is 38.9. The first-order valence-electron chi connectivity index (χ1n) is 22.9. The fraction of sp³-hybridized carbons (Fsp3) is 0.848. The molecule has 0 saturated heterocycles. The van der Waals surface area contributed by atoms with Gasteiger partial charge in [-0.2, -0.15) is 0 Å². The van der Waals surface area contributed by atoms with Crippen molar-refractivity contribution in [1.29, 1.82) is 0 Å². The molecule has 0 N–H and O–H groups in total. The zero-order valence-electron chi connectivity index (χ0n) is 37.9. The second kappa shape index (κ2) is 46.6. The van der Waals surface area contributed by atoms with Gasteiger partial charge in [-0.3, -0.25) is 4.79 Å². The summed E-state index contributed by atoms with van der Waals surface area (Å²) in [4.78, 5) is 12.0. The summed E-state index contributed by atoms with van der Waals surface area (Å²) in [5.74, 6) is 0.755. The van der Waals surface area contributed by atoms with Crippen LogP contribution in [0.15, 0.2) is 24.3 Å². The number of carbonyl (C=O) groups is 1. The number of benzene rings is 1. The van der Waals surface area contributed by atoms with Crippen molar-refractivity contribution in [2.45, 2.75) is 91.4 Å². The van der Waals surface area contributed by atoms with Gasteiger partial charge in [0.1, 0.15) is 19.0 Å². The molecule has 0 heterocycles. The summed E-state index contributed by atoms with van der Waals surface area (Å²) in [6.45, 7) is 18.0. The molecule has 1 rings (SSSR count). The van der Waals surface area contributed by atoms with Gasteiger partial charge in [0.25, 0.3) is 0 Å². The van der Waals surface area contributed by atoms with E-state index in [-0.39, 0.29) is 18.5 Å². The monoisotopic (exact) mass is 861 g/mol. The van der Waals surface area contributed by atoms with Crippen LogP contribution in [0.3, 0.4) is 0 Å². The van der Waals surface area contributed by atoms with Crippen LogP contribution < -0.4 is 4.74 Å². The summed E-state index contributed by atoms with van der Waals surface area (Å²) in [7, 11) is 0. The van der Waals surface area contributed by atoms with Gasteiger partial charge in [-0.15, -0.1) is 0 Å². The molecule has 0 aliphatic rings. The highest BCUT2D eigenvalue weighted by molar-refractivity contribution is 5.72. The second-order valence-corrected chi connectivity index (χ2v) is 14.2. The Kier molecular flexibility index (Phi) is 43.5. The van der Waals surface area contributed by atoms with Crippen molar-refractivity contribution < 1.29 is 66.4 Å². The van der Waals surface area contributed by atoms with E-state index in [2.05, 4.69) is 26.0 Å². The summed E-state index contributed by atoms with van der Waals surface area (Å²) in [5, 5.41) is 0. The number of ether oxygens (including phenoxy) is 13. The van der Waals surface area contributed by atoms with E-state index >= 15 is 0 Å². The zero-order valence-corrected chi connectivity index (χ0v) is 37.9. The molecule has 0 aliphatic carbocycles. The smallest absolute Gasteiger partial charge is 0.308 e. The van der Waals surface area contributed by atoms with Crippen molar-refractivity contribution in [2.24, 2.45) is 5.92 Å². The van der Waals surface area contributed by atoms with E-state index in [0.717, 1.165) is 37.9 Å². The largest absolute Gasteiger partial charge is 0.491 e. The third-order valence-corrected chi connectivity index (χ3v) is 9.16. The average molecular weight is 861 g/mol. The number of hydrogen-bond donors (Lipinski definition) is 0. The Bertz CT molecular complexity index is 1000. The van der Waals surface area contributed by atoms with Gasteiger partial charge in [0, 0.05) is 0 Å². The maximum Gasteiger partial charge on any atom is 0.308 e. The van der Waals surface area contributed by atoms with E-state index in [1.807, 2.05) is 19.1 Å². The molecule has 0 bridgehead atoms.